The molecule has 25 heavy (non-hydrogen) atoms. The monoisotopic (exact) mass is 346 g/mol. The van der Waals surface area contributed by atoms with Crippen molar-refractivity contribution in [2.24, 2.45) is 5.41 Å². The first-order chi connectivity index (χ1) is 12.1. The van der Waals surface area contributed by atoms with Gasteiger partial charge in [0.1, 0.15) is 0 Å². The number of likely N-dealkylation sites (tertiary alicyclic amines) is 1. The van der Waals surface area contributed by atoms with Gasteiger partial charge in [0.25, 0.3) is 5.91 Å². The van der Waals surface area contributed by atoms with Crippen LogP contribution in [0.15, 0.2) is 18.2 Å². The molecule has 6 heteroatoms. The summed E-state index contributed by atoms with van der Waals surface area (Å²) in [5, 5.41) is 8.85. The Kier molecular flexibility index (Phi) is 5.39. The fraction of sp³-hybridized carbons (Fsp3) is 0.579. The largest absolute Gasteiger partial charge is 0.385 e. The lowest BCUT2D eigenvalue weighted by Gasteiger charge is -2.45. The Balaban J connectivity index is 1.75. The van der Waals surface area contributed by atoms with Crippen LogP contribution in [0.3, 0.4) is 0 Å². The van der Waals surface area contributed by atoms with Crippen LogP contribution in [0.4, 0.5) is 0 Å². The van der Waals surface area contributed by atoms with Gasteiger partial charge < -0.3 is 9.64 Å². The topological polar surface area (TPSA) is 78.9 Å². The predicted molar refractivity (Wildman–Crippen MR) is 92.5 cm³/mol. The van der Waals surface area contributed by atoms with Crippen molar-refractivity contribution in [3.8, 4) is 0 Å². The third-order valence-electron chi connectivity index (χ3n) is 5.58. The lowest BCUT2D eigenvalue weighted by Crippen LogP contribution is -2.49. The van der Waals surface area contributed by atoms with Crippen LogP contribution in [-0.2, 0) is 22.4 Å². The van der Waals surface area contributed by atoms with Crippen molar-refractivity contribution >= 4 is 11.8 Å². The molecule has 1 unspecified atom stereocenters. The number of amides is 2. The normalized spacial score (nSPS) is 22.8. The van der Waals surface area contributed by atoms with Crippen molar-refractivity contribution in [2.45, 2.75) is 38.5 Å². The molecule has 2 amide bonds. The summed E-state index contributed by atoms with van der Waals surface area (Å²) < 4.78 is 5.10. The fourth-order valence-corrected chi connectivity index (χ4v) is 4.19. The molecule has 1 aromatic carbocycles. The van der Waals surface area contributed by atoms with Gasteiger partial charge in [-0.05, 0) is 60.8 Å². The van der Waals surface area contributed by atoms with Crippen LogP contribution in [0, 0.1) is 5.41 Å². The van der Waals surface area contributed by atoms with Gasteiger partial charge in [0.15, 0.2) is 0 Å². The van der Waals surface area contributed by atoms with Crippen LogP contribution in [0.25, 0.3) is 0 Å². The van der Waals surface area contributed by atoms with Gasteiger partial charge in [0.05, 0.1) is 0 Å². The van der Waals surface area contributed by atoms with Gasteiger partial charge >= 0.3 is 0 Å². The van der Waals surface area contributed by atoms with Gasteiger partial charge in [-0.2, -0.15) is 0 Å². The molecule has 2 aliphatic rings. The quantitative estimate of drug-likeness (QED) is 0.485. The minimum Gasteiger partial charge on any atom is -0.385 e. The maximum Gasteiger partial charge on any atom is 0.274 e. The second-order valence-corrected chi connectivity index (χ2v) is 7.26. The minimum atomic E-state index is -0.484. The zero-order valence-electron chi connectivity index (χ0n) is 14.7. The third-order valence-corrected chi connectivity index (χ3v) is 5.58. The molecule has 1 saturated heterocycles. The van der Waals surface area contributed by atoms with E-state index in [4.69, 9.17) is 9.94 Å². The number of hydroxylamine groups is 1. The molecule has 0 aromatic heterocycles. The average molecular weight is 346 g/mol. The van der Waals surface area contributed by atoms with Crippen LogP contribution in [0.5, 0.6) is 0 Å². The van der Waals surface area contributed by atoms with E-state index in [2.05, 4.69) is 0 Å². The summed E-state index contributed by atoms with van der Waals surface area (Å²) in [6, 6.07) is 5.62. The lowest BCUT2D eigenvalue weighted by atomic mass is 9.67. The number of carbonyl (C=O) groups excluding carboxylic acids is 2. The molecule has 1 fully saturated rings. The van der Waals surface area contributed by atoms with Crippen LogP contribution in [0.2, 0.25) is 0 Å². The molecule has 1 spiro atoms. The Hall–Kier alpha value is -1.92. The zero-order chi connectivity index (χ0) is 17.9. The van der Waals surface area contributed by atoms with E-state index in [0.717, 1.165) is 45.2 Å². The molecule has 1 aliphatic carbocycles. The summed E-state index contributed by atoms with van der Waals surface area (Å²) in [4.78, 5) is 25.9. The van der Waals surface area contributed by atoms with E-state index in [1.807, 2.05) is 17.0 Å². The van der Waals surface area contributed by atoms with Crippen LogP contribution >= 0.6 is 0 Å². The van der Waals surface area contributed by atoms with Gasteiger partial charge in [0, 0.05) is 38.8 Å². The predicted octanol–water partition coefficient (Wildman–Crippen LogP) is 1.94. The minimum absolute atomic E-state index is 0.0995. The fourth-order valence-electron chi connectivity index (χ4n) is 4.19. The van der Waals surface area contributed by atoms with Crippen molar-refractivity contribution in [1.82, 2.24) is 10.4 Å². The Morgan fingerprint density at radius 2 is 2.12 bits per heavy atom. The molecular weight excluding hydrogens is 320 g/mol. The number of nitrogens with one attached hydrogen (secondary N) is 1. The van der Waals surface area contributed by atoms with E-state index < -0.39 is 5.91 Å². The average Bonchev–Trinajstić information content (AvgIpc) is 2.63. The summed E-state index contributed by atoms with van der Waals surface area (Å²) in [5.74, 6) is -0.247. The van der Waals surface area contributed by atoms with E-state index in [0.29, 0.717) is 18.6 Å². The van der Waals surface area contributed by atoms with E-state index >= 15 is 0 Å². The molecule has 6 nitrogen and oxygen atoms in total. The van der Waals surface area contributed by atoms with Crippen LogP contribution in [-0.4, -0.2) is 48.7 Å². The molecule has 0 saturated carbocycles. The molecule has 1 heterocycles. The van der Waals surface area contributed by atoms with Gasteiger partial charge in [-0.15, -0.1) is 0 Å². The van der Waals surface area contributed by atoms with Crippen LogP contribution in [0.1, 0.15) is 47.2 Å². The van der Waals surface area contributed by atoms with Gasteiger partial charge in [-0.1, -0.05) is 6.07 Å². The van der Waals surface area contributed by atoms with Crippen molar-refractivity contribution in [3.63, 3.8) is 0 Å². The Bertz CT molecular complexity index is 661. The zero-order valence-corrected chi connectivity index (χ0v) is 14.7. The maximum absolute atomic E-state index is 12.2. The third kappa shape index (κ3) is 3.85. The van der Waals surface area contributed by atoms with Crippen LogP contribution < -0.4 is 5.48 Å². The number of nitrogens with zero attached hydrogens (tertiary/aromatic N) is 1. The number of rotatable bonds is 5. The Morgan fingerprint density at radius 1 is 1.32 bits per heavy atom. The Morgan fingerprint density at radius 3 is 2.88 bits per heavy atom. The van der Waals surface area contributed by atoms with Gasteiger partial charge in [-0.3, -0.25) is 14.8 Å². The summed E-state index contributed by atoms with van der Waals surface area (Å²) in [7, 11) is 1.68. The molecule has 0 radical (unpaired) electrons. The number of benzene rings is 1. The van der Waals surface area contributed by atoms with Crippen molar-refractivity contribution in [3.05, 3.63) is 34.9 Å². The van der Waals surface area contributed by atoms with Crippen molar-refractivity contribution in [2.75, 3.05) is 26.8 Å². The van der Waals surface area contributed by atoms with Crippen molar-refractivity contribution in [1.29, 1.82) is 0 Å². The van der Waals surface area contributed by atoms with Crippen molar-refractivity contribution < 1.29 is 19.5 Å². The first-order valence-corrected chi connectivity index (χ1v) is 8.90. The summed E-state index contributed by atoms with van der Waals surface area (Å²) in [5.41, 5.74) is 4.70. The number of methoxy groups -OCH3 is 1. The number of ether oxygens (including phenoxy) is 1. The second kappa shape index (κ2) is 7.54. The maximum atomic E-state index is 12.2. The second-order valence-electron chi connectivity index (χ2n) is 7.26. The SMILES string of the molecule is COCCCN1CC2(CCC1=O)CCc1ccc(C(=O)NO)cc1C2. The molecule has 2 N–H and O–H groups in total. The number of hydrogen-bond acceptors (Lipinski definition) is 4. The molecule has 1 aromatic rings. The Labute approximate surface area is 148 Å². The standard InChI is InChI=1S/C19H26N2O4/c1-25-10-2-9-21-13-19(8-6-17(21)22)7-5-14-3-4-15(18(23)20-24)11-16(14)12-19/h3-4,11,24H,2,5-10,12-13H2,1H3,(H,20,23). The summed E-state index contributed by atoms with van der Waals surface area (Å²) >= 11 is 0. The van der Waals surface area contributed by atoms with E-state index in [9.17, 15) is 9.59 Å². The highest BCUT2D eigenvalue weighted by atomic mass is 16.5. The highest BCUT2D eigenvalue weighted by molar-refractivity contribution is 5.93. The number of piperidine rings is 1. The van der Waals surface area contributed by atoms with E-state index in [1.165, 1.54) is 11.1 Å². The first kappa shape index (κ1) is 17.9. The molecule has 0 bridgehead atoms. The highest BCUT2D eigenvalue weighted by Gasteiger charge is 2.40. The highest BCUT2D eigenvalue weighted by Crippen LogP contribution is 2.42. The molecule has 136 valence electrons. The van der Waals surface area contributed by atoms with E-state index in [1.54, 1.807) is 18.7 Å². The van der Waals surface area contributed by atoms with Gasteiger partial charge in [-0.25, -0.2) is 5.48 Å². The van der Waals surface area contributed by atoms with E-state index in [-0.39, 0.29) is 11.3 Å². The molecule has 1 aliphatic heterocycles. The van der Waals surface area contributed by atoms with Gasteiger partial charge in [0.2, 0.25) is 5.91 Å². The molecule has 3 rings (SSSR count). The molecule has 1 atom stereocenters. The number of hydrogen-bond donors (Lipinski definition) is 2. The summed E-state index contributed by atoms with van der Waals surface area (Å²) in [6.07, 6.45) is 5.27. The first-order valence-electron chi connectivity index (χ1n) is 8.90. The lowest BCUT2D eigenvalue weighted by molar-refractivity contribution is -0.138. The smallest absolute Gasteiger partial charge is 0.274 e. The number of fused-ring (bicyclic) bond motifs is 1. The number of carbonyl (C=O) groups is 2. The number of aryl methyl sites for hydroxylation is 1. The summed E-state index contributed by atoms with van der Waals surface area (Å²) in [6.45, 7) is 2.19. The molecular formula is C19H26N2O4.